The van der Waals surface area contributed by atoms with Crippen LogP contribution in [0, 0.1) is 5.92 Å². The molecule has 0 fully saturated rings. The van der Waals surface area contributed by atoms with Crippen molar-refractivity contribution in [2.24, 2.45) is 5.92 Å². The van der Waals surface area contributed by atoms with E-state index >= 15 is 0 Å². The van der Waals surface area contributed by atoms with Gasteiger partial charge in [-0.1, -0.05) is 63.5 Å². The van der Waals surface area contributed by atoms with Gasteiger partial charge in [0.05, 0.1) is 0 Å². The van der Waals surface area contributed by atoms with Gasteiger partial charge in [-0.2, -0.15) is 11.8 Å². The number of allylic oxidation sites excluding steroid dienone is 1. The lowest BCUT2D eigenvalue weighted by Gasteiger charge is -2.26. The van der Waals surface area contributed by atoms with Crippen LogP contribution in [0.4, 0.5) is 0 Å². The number of unbranched alkanes of at least 4 members (excludes halogenated alkanes) is 4. The highest BCUT2D eigenvalue weighted by Crippen LogP contribution is 2.33. The maximum Gasteiger partial charge on any atom is 0.0148 e. The maximum atomic E-state index is 2.38. The molecular formula is C17H32S. The largest absolute Gasteiger partial charge is 0.157 e. The SMILES string of the molecule is CCCCCCCC(CCC)C1=C(C)CCSC1. The van der Waals surface area contributed by atoms with Gasteiger partial charge < -0.3 is 0 Å². The van der Waals surface area contributed by atoms with Crippen LogP contribution in [0.15, 0.2) is 11.1 Å². The Labute approximate surface area is 119 Å². The van der Waals surface area contributed by atoms with E-state index in [1.165, 1.54) is 69.3 Å². The molecule has 0 amide bonds. The summed E-state index contributed by atoms with van der Waals surface area (Å²) in [4.78, 5) is 0. The second kappa shape index (κ2) is 9.95. The van der Waals surface area contributed by atoms with E-state index in [9.17, 15) is 0 Å². The molecule has 0 spiro atoms. The van der Waals surface area contributed by atoms with Crippen molar-refractivity contribution in [2.45, 2.75) is 78.6 Å². The van der Waals surface area contributed by atoms with E-state index in [4.69, 9.17) is 0 Å². The Morgan fingerprint density at radius 3 is 2.44 bits per heavy atom. The molecule has 0 aromatic carbocycles. The Bertz CT molecular complexity index is 242. The Morgan fingerprint density at radius 1 is 1.00 bits per heavy atom. The van der Waals surface area contributed by atoms with Gasteiger partial charge in [0, 0.05) is 5.75 Å². The Morgan fingerprint density at radius 2 is 1.78 bits per heavy atom. The van der Waals surface area contributed by atoms with Gasteiger partial charge in [-0.05, 0) is 37.9 Å². The summed E-state index contributed by atoms with van der Waals surface area (Å²) in [5, 5.41) is 0. The summed E-state index contributed by atoms with van der Waals surface area (Å²) < 4.78 is 0. The molecule has 1 atom stereocenters. The third-order valence-corrected chi connectivity index (χ3v) is 5.22. The normalized spacial score (nSPS) is 18.2. The first-order chi connectivity index (χ1) is 8.79. The highest BCUT2D eigenvalue weighted by atomic mass is 32.2. The second-order valence-corrected chi connectivity index (χ2v) is 6.90. The highest BCUT2D eigenvalue weighted by molar-refractivity contribution is 7.99. The average molecular weight is 269 g/mol. The van der Waals surface area contributed by atoms with Crippen molar-refractivity contribution in [2.75, 3.05) is 11.5 Å². The van der Waals surface area contributed by atoms with E-state index in [2.05, 4.69) is 32.5 Å². The van der Waals surface area contributed by atoms with Gasteiger partial charge in [0.15, 0.2) is 0 Å². The van der Waals surface area contributed by atoms with Gasteiger partial charge in [0.2, 0.25) is 0 Å². The van der Waals surface area contributed by atoms with Crippen LogP contribution in [0.5, 0.6) is 0 Å². The van der Waals surface area contributed by atoms with Crippen molar-refractivity contribution in [1.82, 2.24) is 0 Å². The third kappa shape index (κ3) is 5.82. The summed E-state index contributed by atoms with van der Waals surface area (Å²) in [6.45, 7) is 7.03. The molecule has 0 nitrogen and oxygen atoms in total. The molecule has 1 rings (SSSR count). The van der Waals surface area contributed by atoms with Gasteiger partial charge in [-0.25, -0.2) is 0 Å². The van der Waals surface area contributed by atoms with E-state index in [0.717, 1.165) is 5.92 Å². The first kappa shape index (κ1) is 16.1. The molecule has 1 aliphatic heterocycles. The van der Waals surface area contributed by atoms with E-state index in [1.54, 1.807) is 5.57 Å². The van der Waals surface area contributed by atoms with Gasteiger partial charge in [-0.3, -0.25) is 0 Å². The lowest BCUT2D eigenvalue weighted by Crippen LogP contribution is -2.12. The molecule has 0 aromatic heterocycles. The highest BCUT2D eigenvalue weighted by Gasteiger charge is 2.18. The zero-order chi connectivity index (χ0) is 13.2. The van der Waals surface area contributed by atoms with Gasteiger partial charge in [0.1, 0.15) is 0 Å². The molecule has 18 heavy (non-hydrogen) atoms. The van der Waals surface area contributed by atoms with Crippen molar-refractivity contribution in [3.63, 3.8) is 0 Å². The summed E-state index contributed by atoms with van der Waals surface area (Å²) in [5.41, 5.74) is 3.55. The van der Waals surface area contributed by atoms with Crippen LogP contribution < -0.4 is 0 Å². The number of hydrogen-bond donors (Lipinski definition) is 0. The topological polar surface area (TPSA) is 0 Å². The Balaban J connectivity index is 2.38. The second-order valence-electron chi connectivity index (χ2n) is 5.80. The van der Waals surface area contributed by atoms with Crippen LogP contribution in [0.3, 0.4) is 0 Å². The summed E-state index contributed by atoms with van der Waals surface area (Å²) >= 11 is 2.15. The van der Waals surface area contributed by atoms with Crippen LogP contribution >= 0.6 is 11.8 Å². The van der Waals surface area contributed by atoms with Crippen LogP contribution in [0.1, 0.15) is 78.6 Å². The summed E-state index contributed by atoms with van der Waals surface area (Å²) in [5.74, 6) is 3.58. The van der Waals surface area contributed by atoms with Crippen molar-refractivity contribution in [3.8, 4) is 0 Å². The molecule has 1 heteroatoms. The molecule has 0 bridgehead atoms. The minimum atomic E-state index is 0.907. The smallest absolute Gasteiger partial charge is 0.0148 e. The van der Waals surface area contributed by atoms with E-state index in [0.29, 0.717) is 0 Å². The molecule has 0 saturated carbocycles. The van der Waals surface area contributed by atoms with Crippen molar-refractivity contribution >= 4 is 11.8 Å². The van der Waals surface area contributed by atoms with Gasteiger partial charge in [-0.15, -0.1) is 0 Å². The van der Waals surface area contributed by atoms with Gasteiger partial charge in [0.25, 0.3) is 0 Å². The molecule has 0 aromatic rings. The monoisotopic (exact) mass is 268 g/mol. The van der Waals surface area contributed by atoms with E-state index < -0.39 is 0 Å². The minimum absolute atomic E-state index is 0.907. The number of thioether (sulfide) groups is 1. The van der Waals surface area contributed by atoms with Crippen molar-refractivity contribution < 1.29 is 0 Å². The van der Waals surface area contributed by atoms with Crippen LogP contribution in [-0.4, -0.2) is 11.5 Å². The zero-order valence-electron chi connectivity index (χ0n) is 12.8. The molecule has 0 radical (unpaired) electrons. The lowest BCUT2D eigenvalue weighted by molar-refractivity contribution is 0.469. The fourth-order valence-corrected chi connectivity index (χ4v) is 4.29. The Hall–Kier alpha value is 0.0900. The zero-order valence-corrected chi connectivity index (χ0v) is 13.6. The minimum Gasteiger partial charge on any atom is -0.157 e. The van der Waals surface area contributed by atoms with Crippen molar-refractivity contribution in [1.29, 1.82) is 0 Å². The molecule has 1 heterocycles. The Kier molecular flexibility index (Phi) is 8.92. The predicted molar refractivity (Wildman–Crippen MR) is 86.4 cm³/mol. The fraction of sp³-hybridized carbons (Fsp3) is 0.882. The predicted octanol–water partition coefficient (Wildman–Crippen LogP) is 6.22. The first-order valence-electron chi connectivity index (χ1n) is 8.05. The number of rotatable bonds is 9. The van der Waals surface area contributed by atoms with Crippen LogP contribution in [0.25, 0.3) is 0 Å². The summed E-state index contributed by atoms with van der Waals surface area (Å²) in [6.07, 6.45) is 12.7. The molecule has 1 aliphatic rings. The quantitative estimate of drug-likeness (QED) is 0.353. The van der Waals surface area contributed by atoms with Crippen LogP contribution in [-0.2, 0) is 0 Å². The maximum absolute atomic E-state index is 2.38. The lowest BCUT2D eigenvalue weighted by atomic mass is 9.86. The van der Waals surface area contributed by atoms with Crippen LogP contribution in [0.2, 0.25) is 0 Å². The molecular weight excluding hydrogens is 236 g/mol. The molecule has 0 saturated heterocycles. The molecule has 0 N–H and O–H groups in total. The summed E-state index contributed by atoms with van der Waals surface area (Å²) in [7, 11) is 0. The standard InChI is InChI=1S/C17H32S/c1-4-6-7-8-9-11-16(10-5-2)17-14-18-13-12-15(17)3/h16H,4-14H2,1-3H3. The fourth-order valence-electron chi connectivity index (χ4n) is 2.99. The van der Waals surface area contributed by atoms with Crippen molar-refractivity contribution in [3.05, 3.63) is 11.1 Å². The third-order valence-electron chi connectivity index (χ3n) is 4.21. The van der Waals surface area contributed by atoms with E-state index in [1.807, 2.05) is 5.57 Å². The molecule has 1 unspecified atom stereocenters. The van der Waals surface area contributed by atoms with Gasteiger partial charge >= 0.3 is 0 Å². The van der Waals surface area contributed by atoms with E-state index in [-0.39, 0.29) is 0 Å². The molecule has 106 valence electrons. The first-order valence-corrected chi connectivity index (χ1v) is 9.21. The number of hydrogen-bond acceptors (Lipinski definition) is 1. The summed E-state index contributed by atoms with van der Waals surface area (Å²) in [6, 6.07) is 0. The average Bonchev–Trinajstić information content (AvgIpc) is 2.38. The molecule has 0 aliphatic carbocycles.